The molecule has 1 fully saturated rings. The van der Waals surface area contributed by atoms with Gasteiger partial charge in [0.2, 0.25) is 5.91 Å². The Labute approximate surface area is 111 Å². The number of amides is 1. The number of carbonyl (C=O) groups is 1. The van der Waals surface area contributed by atoms with E-state index in [0.29, 0.717) is 16.5 Å². The second kappa shape index (κ2) is 5.22. The maximum Gasteiger partial charge on any atom is 0.250 e. The normalized spacial score (nSPS) is 17.1. The van der Waals surface area contributed by atoms with Gasteiger partial charge in [0.05, 0.1) is 17.0 Å². The van der Waals surface area contributed by atoms with Crippen molar-refractivity contribution in [3.8, 4) is 0 Å². The van der Waals surface area contributed by atoms with Gasteiger partial charge in [0.15, 0.2) is 0 Å². The molecule has 1 amide bonds. The van der Waals surface area contributed by atoms with Gasteiger partial charge in [0.25, 0.3) is 0 Å². The number of aryl methyl sites for hydroxylation is 1. The zero-order valence-electron chi connectivity index (χ0n) is 10.4. The lowest BCUT2D eigenvalue weighted by atomic mass is 10.0. The number of rotatable bonds is 4. The molecule has 1 aliphatic heterocycles. The quantitative estimate of drug-likeness (QED) is 0.810. The molecule has 1 saturated heterocycles. The number of aromatic nitrogens is 1. The summed E-state index contributed by atoms with van der Waals surface area (Å²) in [4.78, 5) is 15.8. The van der Waals surface area contributed by atoms with Crippen LogP contribution in [0.15, 0.2) is 12.1 Å². The zero-order chi connectivity index (χ0) is 13.2. The van der Waals surface area contributed by atoms with Crippen LogP contribution in [-0.4, -0.2) is 36.2 Å². The van der Waals surface area contributed by atoms with Crippen LogP contribution in [0.1, 0.15) is 12.6 Å². The van der Waals surface area contributed by atoms with Crippen molar-refractivity contribution in [1.29, 1.82) is 0 Å². The van der Waals surface area contributed by atoms with Crippen molar-refractivity contribution < 1.29 is 9.53 Å². The SMILES string of the molecule is Cc1nc(Cl)ccc1NC(=O)COC1(C)CNC1. The first-order valence-electron chi connectivity index (χ1n) is 5.76. The maximum atomic E-state index is 11.7. The smallest absolute Gasteiger partial charge is 0.250 e. The monoisotopic (exact) mass is 269 g/mol. The molecule has 0 spiro atoms. The van der Waals surface area contributed by atoms with E-state index in [1.165, 1.54) is 0 Å². The van der Waals surface area contributed by atoms with Crippen LogP contribution in [0, 0.1) is 6.92 Å². The highest BCUT2D eigenvalue weighted by molar-refractivity contribution is 6.29. The molecule has 2 heterocycles. The highest BCUT2D eigenvalue weighted by atomic mass is 35.5. The standard InChI is InChI=1S/C12H16ClN3O2/c1-8-9(3-4-10(13)15-8)16-11(17)5-18-12(2)6-14-7-12/h3-4,14H,5-7H2,1-2H3,(H,16,17). The molecule has 0 unspecified atom stereocenters. The molecule has 5 nitrogen and oxygen atoms in total. The number of nitrogens with one attached hydrogen (secondary N) is 2. The number of ether oxygens (including phenoxy) is 1. The average Bonchev–Trinajstić information content (AvgIpc) is 2.28. The molecule has 2 N–H and O–H groups in total. The van der Waals surface area contributed by atoms with Gasteiger partial charge in [-0.05, 0) is 26.0 Å². The lowest BCUT2D eigenvalue weighted by molar-refractivity contribution is -0.130. The summed E-state index contributed by atoms with van der Waals surface area (Å²) < 4.78 is 5.54. The first-order valence-corrected chi connectivity index (χ1v) is 6.14. The molecule has 1 aromatic heterocycles. The van der Waals surface area contributed by atoms with E-state index >= 15 is 0 Å². The van der Waals surface area contributed by atoms with Gasteiger partial charge in [-0.15, -0.1) is 0 Å². The Morgan fingerprint density at radius 3 is 2.89 bits per heavy atom. The number of pyridine rings is 1. The van der Waals surface area contributed by atoms with Gasteiger partial charge in [0.1, 0.15) is 11.8 Å². The van der Waals surface area contributed by atoms with Crippen LogP contribution in [0.3, 0.4) is 0 Å². The highest BCUT2D eigenvalue weighted by Gasteiger charge is 2.33. The summed E-state index contributed by atoms with van der Waals surface area (Å²) in [5.74, 6) is -0.185. The molecule has 0 saturated carbocycles. The van der Waals surface area contributed by atoms with Gasteiger partial charge in [-0.2, -0.15) is 0 Å². The highest BCUT2D eigenvalue weighted by Crippen LogP contribution is 2.17. The number of carbonyl (C=O) groups excluding carboxylic acids is 1. The second-order valence-corrected chi connectivity index (χ2v) is 5.04. The van der Waals surface area contributed by atoms with E-state index in [2.05, 4.69) is 15.6 Å². The fraction of sp³-hybridized carbons (Fsp3) is 0.500. The third kappa shape index (κ3) is 3.19. The molecule has 0 aliphatic carbocycles. The number of hydrogen-bond acceptors (Lipinski definition) is 4. The molecule has 0 bridgehead atoms. The number of hydrogen-bond donors (Lipinski definition) is 2. The molecule has 6 heteroatoms. The number of nitrogens with zero attached hydrogens (tertiary/aromatic N) is 1. The first kappa shape index (κ1) is 13.3. The average molecular weight is 270 g/mol. The topological polar surface area (TPSA) is 63.2 Å². The maximum absolute atomic E-state index is 11.7. The molecule has 0 radical (unpaired) electrons. The van der Waals surface area contributed by atoms with Crippen molar-refractivity contribution in [1.82, 2.24) is 10.3 Å². The Morgan fingerprint density at radius 2 is 2.33 bits per heavy atom. The third-order valence-corrected chi connectivity index (χ3v) is 3.09. The molecular formula is C12H16ClN3O2. The lowest BCUT2D eigenvalue weighted by Crippen LogP contribution is -2.59. The van der Waals surface area contributed by atoms with Gasteiger partial charge >= 0.3 is 0 Å². The Kier molecular flexibility index (Phi) is 3.85. The Morgan fingerprint density at radius 1 is 1.61 bits per heavy atom. The minimum absolute atomic E-state index is 0.0419. The fourth-order valence-electron chi connectivity index (χ4n) is 1.67. The Balaban J connectivity index is 1.87. The first-order chi connectivity index (χ1) is 8.48. The van der Waals surface area contributed by atoms with Crippen LogP contribution in [0.25, 0.3) is 0 Å². The Bertz CT molecular complexity index is 461. The number of anilines is 1. The molecule has 1 aromatic rings. The van der Waals surface area contributed by atoms with Crippen LogP contribution >= 0.6 is 11.6 Å². The third-order valence-electron chi connectivity index (χ3n) is 2.88. The zero-order valence-corrected chi connectivity index (χ0v) is 11.2. The van der Waals surface area contributed by atoms with E-state index in [1.807, 2.05) is 6.92 Å². The lowest BCUT2D eigenvalue weighted by Gasteiger charge is -2.38. The number of halogens is 1. The van der Waals surface area contributed by atoms with E-state index in [4.69, 9.17) is 16.3 Å². The second-order valence-electron chi connectivity index (χ2n) is 4.66. The summed E-state index contributed by atoms with van der Waals surface area (Å²) in [7, 11) is 0. The van der Waals surface area contributed by atoms with Crippen molar-refractivity contribution >= 4 is 23.2 Å². The van der Waals surface area contributed by atoms with E-state index in [0.717, 1.165) is 13.1 Å². The van der Waals surface area contributed by atoms with E-state index in [-0.39, 0.29) is 18.1 Å². The largest absolute Gasteiger partial charge is 0.363 e. The molecule has 0 atom stereocenters. The molecule has 1 aliphatic rings. The summed E-state index contributed by atoms with van der Waals surface area (Å²) in [6, 6.07) is 3.37. The van der Waals surface area contributed by atoms with Gasteiger partial charge in [-0.25, -0.2) is 4.98 Å². The van der Waals surface area contributed by atoms with Crippen LogP contribution in [0.2, 0.25) is 5.15 Å². The summed E-state index contributed by atoms with van der Waals surface area (Å²) in [6.45, 7) is 5.37. The molecule has 18 heavy (non-hydrogen) atoms. The summed E-state index contributed by atoms with van der Waals surface area (Å²) >= 11 is 5.75. The molecule has 0 aromatic carbocycles. The Hall–Kier alpha value is -1.17. The van der Waals surface area contributed by atoms with Crippen molar-refractivity contribution in [2.45, 2.75) is 19.4 Å². The van der Waals surface area contributed by atoms with Crippen molar-refractivity contribution in [2.75, 3.05) is 25.0 Å². The summed E-state index contributed by atoms with van der Waals surface area (Å²) in [5.41, 5.74) is 1.13. The minimum Gasteiger partial charge on any atom is -0.363 e. The fourth-order valence-corrected chi connectivity index (χ4v) is 1.86. The van der Waals surface area contributed by atoms with Gasteiger partial charge in [0, 0.05) is 13.1 Å². The summed E-state index contributed by atoms with van der Waals surface area (Å²) in [6.07, 6.45) is 0. The molecular weight excluding hydrogens is 254 g/mol. The van der Waals surface area contributed by atoms with Crippen molar-refractivity contribution in [2.24, 2.45) is 0 Å². The van der Waals surface area contributed by atoms with E-state index < -0.39 is 0 Å². The van der Waals surface area contributed by atoms with Gasteiger partial charge < -0.3 is 15.4 Å². The van der Waals surface area contributed by atoms with Crippen molar-refractivity contribution in [3.05, 3.63) is 23.0 Å². The van der Waals surface area contributed by atoms with Crippen LogP contribution in [0.5, 0.6) is 0 Å². The predicted molar refractivity (Wildman–Crippen MR) is 69.8 cm³/mol. The van der Waals surface area contributed by atoms with E-state index in [9.17, 15) is 4.79 Å². The van der Waals surface area contributed by atoms with Crippen LogP contribution in [0.4, 0.5) is 5.69 Å². The summed E-state index contributed by atoms with van der Waals surface area (Å²) in [5, 5.41) is 6.27. The van der Waals surface area contributed by atoms with Crippen LogP contribution < -0.4 is 10.6 Å². The van der Waals surface area contributed by atoms with Gasteiger partial charge in [-0.3, -0.25) is 4.79 Å². The minimum atomic E-state index is -0.218. The van der Waals surface area contributed by atoms with Crippen molar-refractivity contribution in [3.63, 3.8) is 0 Å². The molecule has 2 rings (SSSR count). The predicted octanol–water partition coefficient (Wildman–Crippen LogP) is 1.36. The van der Waals surface area contributed by atoms with E-state index in [1.54, 1.807) is 19.1 Å². The molecule has 98 valence electrons. The van der Waals surface area contributed by atoms with Gasteiger partial charge in [-0.1, -0.05) is 11.6 Å². The van der Waals surface area contributed by atoms with Crippen LogP contribution in [-0.2, 0) is 9.53 Å².